The Bertz CT molecular complexity index is 1130. The lowest BCUT2D eigenvalue weighted by molar-refractivity contribution is 0.0950. The van der Waals surface area contributed by atoms with Crippen molar-refractivity contribution in [3.8, 4) is 0 Å². The number of carbonyl (C=O) groups excluding carboxylic acids is 2. The molecule has 0 unspecified atom stereocenters. The Labute approximate surface area is 178 Å². The van der Waals surface area contributed by atoms with Gasteiger partial charge in [-0.05, 0) is 42.3 Å². The zero-order valence-electron chi connectivity index (χ0n) is 16.6. The number of anilines is 1. The number of amides is 2. The number of nitrogens with one attached hydrogen (secondary N) is 1. The van der Waals surface area contributed by atoms with Gasteiger partial charge in [0, 0.05) is 12.1 Å². The van der Waals surface area contributed by atoms with E-state index in [4.69, 9.17) is 0 Å². The van der Waals surface area contributed by atoms with Crippen LogP contribution in [0.2, 0.25) is 0 Å². The molecule has 4 rings (SSSR count). The Balaban J connectivity index is 1.85. The van der Waals surface area contributed by atoms with Crippen molar-refractivity contribution in [3.63, 3.8) is 0 Å². The minimum absolute atomic E-state index is 0.209. The van der Waals surface area contributed by atoms with Gasteiger partial charge in [-0.1, -0.05) is 49.4 Å². The first-order valence-electron chi connectivity index (χ1n) is 9.89. The SMILES string of the molecule is CCCNC(=O)c1ccc2c(c1)N(Cc1ccccc1)C(=O)c1ccccc1[S@@]2=O. The summed E-state index contributed by atoms with van der Waals surface area (Å²) in [5.74, 6) is -0.438. The molecule has 0 saturated carbocycles. The predicted molar refractivity (Wildman–Crippen MR) is 117 cm³/mol. The largest absolute Gasteiger partial charge is 0.352 e. The van der Waals surface area contributed by atoms with Crippen molar-refractivity contribution in [2.75, 3.05) is 11.4 Å². The lowest BCUT2D eigenvalue weighted by Crippen LogP contribution is -2.31. The fraction of sp³-hybridized carbons (Fsp3) is 0.167. The highest BCUT2D eigenvalue weighted by Gasteiger charge is 2.31. The van der Waals surface area contributed by atoms with Crippen LogP contribution < -0.4 is 10.2 Å². The number of rotatable bonds is 5. The van der Waals surface area contributed by atoms with Gasteiger partial charge >= 0.3 is 0 Å². The number of nitrogens with zero attached hydrogens (tertiary/aromatic N) is 1. The van der Waals surface area contributed by atoms with E-state index in [1.54, 1.807) is 47.4 Å². The van der Waals surface area contributed by atoms with Gasteiger partial charge in [-0.3, -0.25) is 9.59 Å². The number of benzene rings is 3. The summed E-state index contributed by atoms with van der Waals surface area (Å²) in [6.45, 7) is 2.87. The summed E-state index contributed by atoms with van der Waals surface area (Å²) >= 11 is 0. The lowest BCUT2D eigenvalue weighted by Gasteiger charge is -2.23. The summed E-state index contributed by atoms with van der Waals surface area (Å²) < 4.78 is 13.4. The van der Waals surface area contributed by atoms with Crippen molar-refractivity contribution in [3.05, 3.63) is 89.5 Å². The zero-order valence-corrected chi connectivity index (χ0v) is 17.4. The molecule has 2 amide bonds. The molecule has 0 saturated heterocycles. The van der Waals surface area contributed by atoms with Crippen molar-refractivity contribution < 1.29 is 13.8 Å². The van der Waals surface area contributed by atoms with Crippen molar-refractivity contribution in [1.29, 1.82) is 0 Å². The molecule has 1 heterocycles. The zero-order chi connectivity index (χ0) is 21.1. The second-order valence-corrected chi connectivity index (χ2v) is 8.50. The molecule has 0 aliphatic carbocycles. The molecule has 152 valence electrons. The summed E-state index contributed by atoms with van der Waals surface area (Å²) in [4.78, 5) is 28.7. The average molecular weight is 419 g/mol. The summed E-state index contributed by atoms with van der Waals surface area (Å²) in [6, 6.07) is 21.6. The number of carbonyl (C=O) groups is 2. The van der Waals surface area contributed by atoms with Crippen LogP contribution in [0.3, 0.4) is 0 Å². The third kappa shape index (κ3) is 3.78. The Hall–Kier alpha value is -3.25. The molecule has 0 spiro atoms. The molecule has 3 aromatic carbocycles. The maximum absolute atomic E-state index is 13.5. The van der Waals surface area contributed by atoms with Crippen LogP contribution in [0.5, 0.6) is 0 Å². The van der Waals surface area contributed by atoms with Crippen LogP contribution in [0, 0.1) is 0 Å². The van der Waals surface area contributed by atoms with Gasteiger partial charge in [0.1, 0.15) is 0 Å². The van der Waals surface area contributed by atoms with Crippen LogP contribution in [-0.2, 0) is 17.3 Å². The van der Waals surface area contributed by atoms with Crippen LogP contribution >= 0.6 is 0 Å². The first-order chi connectivity index (χ1) is 14.6. The minimum atomic E-state index is -1.53. The number of fused-ring (bicyclic) bond motifs is 2. The van der Waals surface area contributed by atoms with Crippen molar-refractivity contribution >= 4 is 28.3 Å². The topological polar surface area (TPSA) is 66.5 Å². The quantitative estimate of drug-likeness (QED) is 0.677. The van der Waals surface area contributed by atoms with Crippen LogP contribution in [-0.4, -0.2) is 22.6 Å². The van der Waals surface area contributed by atoms with E-state index in [1.807, 2.05) is 37.3 Å². The van der Waals surface area contributed by atoms with Crippen LogP contribution in [0.15, 0.2) is 82.6 Å². The molecule has 3 aromatic rings. The fourth-order valence-electron chi connectivity index (χ4n) is 3.47. The average Bonchev–Trinajstić information content (AvgIpc) is 2.87. The molecule has 5 nitrogen and oxygen atoms in total. The Kier molecular flexibility index (Phi) is 5.77. The van der Waals surface area contributed by atoms with Gasteiger partial charge in [0.05, 0.1) is 38.4 Å². The Morgan fingerprint density at radius 2 is 1.70 bits per heavy atom. The Morgan fingerprint density at radius 1 is 0.967 bits per heavy atom. The van der Waals surface area contributed by atoms with E-state index in [1.165, 1.54) is 0 Å². The highest BCUT2D eigenvalue weighted by Crippen LogP contribution is 2.36. The van der Waals surface area contributed by atoms with E-state index in [0.29, 0.717) is 39.7 Å². The fourth-order valence-corrected chi connectivity index (χ4v) is 4.81. The van der Waals surface area contributed by atoms with Crippen LogP contribution in [0.4, 0.5) is 5.69 Å². The number of hydrogen-bond donors (Lipinski definition) is 1. The normalized spacial score (nSPS) is 15.2. The molecule has 1 aliphatic heterocycles. The molecule has 0 bridgehead atoms. The van der Waals surface area contributed by atoms with E-state index >= 15 is 0 Å². The minimum Gasteiger partial charge on any atom is -0.352 e. The predicted octanol–water partition coefficient (Wildman–Crippen LogP) is 4.15. The van der Waals surface area contributed by atoms with E-state index < -0.39 is 10.8 Å². The molecule has 6 heteroatoms. The van der Waals surface area contributed by atoms with Gasteiger partial charge in [-0.25, -0.2) is 4.21 Å². The van der Waals surface area contributed by atoms with Gasteiger partial charge in [0.25, 0.3) is 11.8 Å². The third-order valence-electron chi connectivity index (χ3n) is 4.99. The molecular formula is C24H22N2O3S. The summed E-state index contributed by atoms with van der Waals surface area (Å²) in [7, 11) is -1.53. The maximum atomic E-state index is 13.5. The molecule has 0 fully saturated rings. The van der Waals surface area contributed by atoms with Crippen LogP contribution in [0.25, 0.3) is 0 Å². The second-order valence-electron chi connectivity index (χ2n) is 7.08. The van der Waals surface area contributed by atoms with Gasteiger partial charge < -0.3 is 10.2 Å². The Morgan fingerprint density at radius 3 is 2.47 bits per heavy atom. The second kappa shape index (κ2) is 8.63. The smallest absolute Gasteiger partial charge is 0.259 e. The van der Waals surface area contributed by atoms with E-state index in [0.717, 1.165) is 12.0 Å². The molecular weight excluding hydrogens is 396 g/mol. The molecule has 30 heavy (non-hydrogen) atoms. The van der Waals surface area contributed by atoms with Crippen molar-refractivity contribution in [2.45, 2.75) is 29.7 Å². The van der Waals surface area contributed by atoms with Crippen molar-refractivity contribution in [2.24, 2.45) is 0 Å². The first kappa shape index (κ1) is 20.0. The van der Waals surface area contributed by atoms with Gasteiger partial charge in [-0.2, -0.15) is 0 Å². The molecule has 1 N–H and O–H groups in total. The van der Waals surface area contributed by atoms with E-state index in [2.05, 4.69) is 5.32 Å². The molecule has 0 aromatic heterocycles. The molecule has 0 radical (unpaired) electrons. The molecule has 1 aliphatic rings. The summed E-state index contributed by atoms with van der Waals surface area (Å²) in [5, 5.41) is 2.86. The van der Waals surface area contributed by atoms with Crippen molar-refractivity contribution in [1.82, 2.24) is 5.32 Å². The highest BCUT2D eigenvalue weighted by atomic mass is 32.2. The van der Waals surface area contributed by atoms with E-state index in [9.17, 15) is 13.8 Å². The highest BCUT2D eigenvalue weighted by molar-refractivity contribution is 7.85. The summed E-state index contributed by atoms with van der Waals surface area (Å²) in [5.41, 5.74) is 2.31. The molecule has 1 atom stereocenters. The third-order valence-corrected chi connectivity index (χ3v) is 6.49. The lowest BCUT2D eigenvalue weighted by atomic mass is 10.1. The monoisotopic (exact) mass is 418 g/mol. The standard InChI is InChI=1S/C24H22N2O3S/c1-2-14-25-23(27)18-12-13-22-20(15-18)26(16-17-8-4-3-5-9-17)24(28)19-10-6-7-11-21(19)30(22)29/h3-13,15H,2,14,16H2,1H3,(H,25,27)/t30-/m0/s1. The first-order valence-corrected chi connectivity index (χ1v) is 11.0. The van der Waals surface area contributed by atoms with E-state index in [-0.39, 0.29) is 11.8 Å². The van der Waals surface area contributed by atoms with Gasteiger partial charge in [0.2, 0.25) is 0 Å². The van der Waals surface area contributed by atoms with Crippen LogP contribution in [0.1, 0.15) is 39.6 Å². The number of hydrogen-bond acceptors (Lipinski definition) is 3. The maximum Gasteiger partial charge on any atom is 0.259 e. The van der Waals surface area contributed by atoms with Gasteiger partial charge in [0.15, 0.2) is 0 Å². The summed E-state index contributed by atoms with van der Waals surface area (Å²) in [6.07, 6.45) is 0.828. The van der Waals surface area contributed by atoms with Gasteiger partial charge in [-0.15, -0.1) is 0 Å².